The molecule has 0 spiro atoms. The average Bonchev–Trinajstić information content (AvgIpc) is 2.80. The molecule has 0 aliphatic carbocycles. The van der Waals surface area contributed by atoms with Crippen molar-refractivity contribution in [2.24, 2.45) is 5.92 Å². The summed E-state index contributed by atoms with van der Waals surface area (Å²) in [4.78, 5) is 42.6. The van der Waals surface area contributed by atoms with E-state index in [0.29, 0.717) is 23.5 Å². The molecule has 0 bridgehead atoms. The van der Waals surface area contributed by atoms with E-state index in [2.05, 4.69) is 22.1 Å². The fourth-order valence-corrected chi connectivity index (χ4v) is 3.88. The van der Waals surface area contributed by atoms with Crippen molar-refractivity contribution in [3.05, 3.63) is 65.5 Å². The Kier molecular flexibility index (Phi) is 10.4. The van der Waals surface area contributed by atoms with Crippen LogP contribution in [0.1, 0.15) is 48.7 Å². The molecule has 3 amide bonds. The number of hydrogen-bond acceptors (Lipinski definition) is 5. The Morgan fingerprint density at radius 3 is 2.42 bits per heavy atom. The molecule has 1 aromatic carbocycles. The number of hydrogen-bond donors (Lipinski definition) is 2. The van der Waals surface area contributed by atoms with Gasteiger partial charge in [-0.25, -0.2) is 9.59 Å². The number of carboxylic acids is 1. The molecule has 0 aliphatic heterocycles. The molecule has 0 aliphatic rings. The highest BCUT2D eigenvalue weighted by Crippen LogP contribution is 2.12. The van der Waals surface area contributed by atoms with Gasteiger partial charge in [-0.3, -0.25) is 14.7 Å². The van der Waals surface area contributed by atoms with Crippen LogP contribution in [0.15, 0.2) is 48.8 Å². The first-order valence-corrected chi connectivity index (χ1v) is 11.9. The van der Waals surface area contributed by atoms with Gasteiger partial charge in [0.25, 0.3) is 5.91 Å². The maximum absolute atomic E-state index is 13.1. The molecule has 0 fully saturated rings. The van der Waals surface area contributed by atoms with Crippen LogP contribution in [0.25, 0.3) is 0 Å². The van der Waals surface area contributed by atoms with Gasteiger partial charge in [-0.2, -0.15) is 11.8 Å². The highest BCUT2D eigenvalue weighted by atomic mass is 32.2. The van der Waals surface area contributed by atoms with Crippen molar-refractivity contribution < 1.29 is 19.5 Å². The van der Waals surface area contributed by atoms with Gasteiger partial charge >= 0.3 is 12.0 Å². The number of benzene rings is 1. The van der Waals surface area contributed by atoms with Crippen LogP contribution in [0, 0.1) is 17.8 Å². The number of thioether (sulfide) groups is 1. The Labute approximate surface area is 199 Å². The van der Waals surface area contributed by atoms with Crippen LogP contribution in [0.3, 0.4) is 0 Å². The van der Waals surface area contributed by atoms with Crippen LogP contribution >= 0.6 is 11.8 Å². The van der Waals surface area contributed by atoms with E-state index in [1.54, 1.807) is 48.8 Å². The third-order valence-corrected chi connectivity index (χ3v) is 5.88. The van der Waals surface area contributed by atoms with Crippen LogP contribution in [-0.2, 0) is 4.79 Å². The van der Waals surface area contributed by atoms with Crippen LogP contribution in [-0.4, -0.2) is 57.0 Å². The lowest BCUT2D eigenvalue weighted by atomic mass is 10.1. The number of nitrogens with zero attached hydrogens (tertiary/aromatic N) is 2. The third kappa shape index (κ3) is 8.62. The quantitative estimate of drug-likeness (QED) is 0.543. The van der Waals surface area contributed by atoms with Crippen LogP contribution < -0.4 is 5.32 Å². The number of carbonyl (C=O) groups is 3. The van der Waals surface area contributed by atoms with Gasteiger partial charge in [-0.15, -0.1) is 0 Å². The zero-order valence-corrected chi connectivity index (χ0v) is 19.9. The Hall–Kier alpha value is -3.31. The molecule has 2 rings (SSSR count). The van der Waals surface area contributed by atoms with Gasteiger partial charge in [-0.1, -0.05) is 38.7 Å². The van der Waals surface area contributed by atoms with Crippen molar-refractivity contribution in [3.8, 4) is 11.8 Å². The van der Waals surface area contributed by atoms with E-state index in [9.17, 15) is 19.5 Å². The summed E-state index contributed by atoms with van der Waals surface area (Å²) < 4.78 is 0. The Morgan fingerprint density at radius 2 is 1.79 bits per heavy atom. The summed E-state index contributed by atoms with van der Waals surface area (Å²) in [5.74, 6) is 5.81. The number of carboxylic acid groups (broad SMARTS) is 1. The van der Waals surface area contributed by atoms with Crippen LogP contribution in [0.2, 0.25) is 0 Å². The highest BCUT2D eigenvalue weighted by molar-refractivity contribution is 7.99. The largest absolute Gasteiger partial charge is 0.480 e. The Morgan fingerprint density at radius 1 is 1.09 bits per heavy atom. The number of aromatic nitrogens is 1. The smallest absolute Gasteiger partial charge is 0.327 e. The fourth-order valence-electron chi connectivity index (χ4n) is 2.81. The lowest BCUT2D eigenvalue weighted by Crippen LogP contribution is -2.51. The number of urea groups is 1. The van der Waals surface area contributed by atoms with Crippen molar-refractivity contribution in [2.75, 3.05) is 18.1 Å². The molecular weight excluding hydrogens is 438 g/mol. The van der Waals surface area contributed by atoms with E-state index in [1.165, 1.54) is 11.8 Å². The lowest BCUT2D eigenvalue weighted by molar-refractivity contribution is -0.138. The maximum atomic E-state index is 13.1. The zero-order chi connectivity index (χ0) is 24.2. The summed E-state index contributed by atoms with van der Waals surface area (Å²) >= 11 is 1.46. The molecule has 33 heavy (non-hydrogen) atoms. The number of aliphatic carboxylic acids is 1. The van der Waals surface area contributed by atoms with Crippen LogP contribution in [0.4, 0.5) is 4.79 Å². The second kappa shape index (κ2) is 13.3. The monoisotopic (exact) mass is 467 g/mol. The first kappa shape index (κ1) is 25.9. The van der Waals surface area contributed by atoms with Crippen molar-refractivity contribution in [3.63, 3.8) is 0 Å². The summed E-state index contributed by atoms with van der Waals surface area (Å²) in [6, 6.07) is 8.50. The topological polar surface area (TPSA) is 99.6 Å². The zero-order valence-electron chi connectivity index (χ0n) is 19.1. The number of amides is 3. The Balaban J connectivity index is 2.16. The van der Waals surface area contributed by atoms with Crippen molar-refractivity contribution in [1.29, 1.82) is 0 Å². The second-order valence-electron chi connectivity index (χ2n) is 7.80. The summed E-state index contributed by atoms with van der Waals surface area (Å²) in [7, 11) is 0. The van der Waals surface area contributed by atoms with Gasteiger partial charge in [0.1, 0.15) is 6.04 Å². The molecule has 0 radical (unpaired) electrons. The summed E-state index contributed by atoms with van der Waals surface area (Å²) in [5, 5.41) is 12.0. The van der Waals surface area contributed by atoms with Gasteiger partial charge in [0, 0.05) is 41.4 Å². The van der Waals surface area contributed by atoms with Gasteiger partial charge in [0.2, 0.25) is 0 Å². The number of pyridine rings is 1. The summed E-state index contributed by atoms with van der Waals surface area (Å²) in [6.45, 7) is 6.09. The molecule has 1 unspecified atom stereocenters. The molecule has 1 heterocycles. The van der Waals surface area contributed by atoms with Crippen molar-refractivity contribution >= 4 is 29.7 Å². The van der Waals surface area contributed by atoms with E-state index >= 15 is 0 Å². The lowest BCUT2D eigenvalue weighted by Gasteiger charge is -2.23. The van der Waals surface area contributed by atoms with Gasteiger partial charge in [0.15, 0.2) is 0 Å². The number of carbonyl (C=O) groups excluding carboxylic acids is 2. The van der Waals surface area contributed by atoms with E-state index in [0.717, 1.165) is 16.2 Å². The molecule has 1 aromatic heterocycles. The molecule has 2 aromatic rings. The minimum atomic E-state index is -1.13. The van der Waals surface area contributed by atoms with E-state index < -0.39 is 23.9 Å². The SMILES string of the molecule is CCCN(C(=O)NC(CSCC(C)C)C(=O)O)C(=O)c1cccc(C#Cc2ccncc2)c1. The first-order chi connectivity index (χ1) is 15.8. The minimum Gasteiger partial charge on any atom is -0.480 e. The van der Waals surface area contributed by atoms with Gasteiger partial charge in [-0.05, 0) is 48.4 Å². The van der Waals surface area contributed by atoms with Gasteiger partial charge < -0.3 is 10.4 Å². The predicted molar refractivity (Wildman–Crippen MR) is 130 cm³/mol. The summed E-state index contributed by atoms with van der Waals surface area (Å²) in [6.07, 6.45) is 3.84. The molecule has 0 saturated carbocycles. The standard InChI is InChI=1S/C25H29N3O4S/c1-4-14-28(25(32)27-22(24(30)31)17-33-16-18(2)3)23(29)21-7-5-6-20(15-21)9-8-19-10-12-26-13-11-19/h5-7,10-13,15,18,22H,4,14,16-17H2,1-3H3,(H,27,32)(H,30,31). The summed E-state index contributed by atoms with van der Waals surface area (Å²) in [5.41, 5.74) is 1.73. The molecular formula is C25H29N3O4S. The fraction of sp³-hybridized carbons (Fsp3) is 0.360. The second-order valence-corrected chi connectivity index (χ2v) is 8.87. The van der Waals surface area contributed by atoms with Gasteiger partial charge in [0.05, 0.1) is 0 Å². The van der Waals surface area contributed by atoms with Crippen LogP contribution in [0.5, 0.6) is 0 Å². The molecule has 0 saturated heterocycles. The molecule has 2 N–H and O–H groups in total. The number of imide groups is 1. The maximum Gasteiger partial charge on any atom is 0.327 e. The Bertz CT molecular complexity index is 1020. The molecule has 1 atom stereocenters. The van der Waals surface area contributed by atoms with Crippen molar-refractivity contribution in [2.45, 2.75) is 33.2 Å². The normalized spacial score (nSPS) is 11.3. The average molecular weight is 468 g/mol. The predicted octanol–water partition coefficient (Wildman–Crippen LogP) is 3.89. The highest BCUT2D eigenvalue weighted by Gasteiger charge is 2.27. The number of nitrogens with one attached hydrogen (secondary N) is 1. The van der Waals surface area contributed by atoms with E-state index in [1.807, 2.05) is 20.8 Å². The minimum absolute atomic E-state index is 0.170. The van der Waals surface area contributed by atoms with E-state index in [4.69, 9.17) is 0 Å². The van der Waals surface area contributed by atoms with Crippen molar-refractivity contribution in [1.82, 2.24) is 15.2 Å². The van der Waals surface area contributed by atoms with E-state index in [-0.39, 0.29) is 12.3 Å². The molecule has 174 valence electrons. The molecule has 8 heteroatoms. The number of rotatable bonds is 9. The molecule has 7 nitrogen and oxygen atoms in total. The first-order valence-electron chi connectivity index (χ1n) is 10.8. The third-order valence-electron chi connectivity index (χ3n) is 4.41.